The maximum atomic E-state index is 13.0. The number of halogens is 3. The van der Waals surface area contributed by atoms with Crippen LogP contribution in [0.4, 0.5) is 18.3 Å². The maximum Gasteiger partial charge on any atom is 0.416 e. The van der Waals surface area contributed by atoms with Gasteiger partial charge in [0.15, 0.2) is 11.7 Å². The number of hydrogen-bond acceptors (Lipinski definition) is 6. The molecule has 0 bridgehead atoms. The Hall–Kier alpha value is -2.85. The van der Waals surface area contributed by atoms with E-state index in [0.717, 1.165) is 35.9 Å². The fourth-order valence-corrected chi connectivity index (χ4v) is 4.94. The van der Waals surface area contributed by atoms with Crippen molar-refractivity contribution in [3.8, 4) is 5.75 Å². The number of benzene rings is 2. The van der Waals surface area contributed by atoms with Gasteiger partial charge in [0.25, 0.3) is 0 Å². The van der Waals surface area contributed by atoms with Crippen molar-refractivity contribution in [1.82, 2.24) is 9.88 Å². The molecule has 1 saturated heterocycles. The van der Waals surface area contributed by atoms with E-state index in [9.17, 15) is 18.0 Å². The summed E-state index contributed by atoms with van der Waals surface area (Å²) >= 11 is 1.28. The Morgan fingerprint density at radius 3 is 2.78 bits per heavy atom. The number of carbonyl (C=O) groups is 1. The van der Waals surface area contributed by atoms with Crippen molar-refractivity contribution in [3.63, 3.8) is 0 Å². The molecule has 2 heterocycles. The Balaban J connectivity index is 1.41. The van der Waals surface area contributed by atoms with Crippen LogP contribution in [0, 0.1) is 0 Å². The van der Waals surface area contributed by atoms with Gasteiger partial charge in [-0.25, -0.2) is 9.78 Å². The number of alkyl halides is 3. The highest BCUT2D eigenvalue weighted by molar-refractivity contribution is 7.22. The summed E-state index contributed by atoms with van der Waals surface area (Å²) in [4.78, 5) is 19.7. The van der Waals surface area contributed by atoms with E-state index >= 15 is 0 Å². The van der Waals surface area contributed by atoms with Gasteiger partial charge in [-0.1, -0.05) is 23.5 Å². The van der Waals surface area contributed by atoms with Crippen molar-refractivity contribution >= 4 is 32.7 Å². The molecule has 0 unspecified atom stereocenters. The van der Waals surface area contributed by atoms with Gasteiger partial charge in [-0.2, -0.15) is 13.2 Å². The molecule has 1 aliphatic rings. The van der Waals surface area contributed by atoms with E-state index in [-0.39, 0.29) is 12.6 Å². The van der Waals surface area contributed by atoms with E-state index in [0.29, 0.717) is 29.1 Å². The fourth-order valence-electron chi connectivity index (χ4n) is 3.81. The van der Waals surface area contributed by atoms with Crippen LogP contribution in [-0.2, 0) is 17.5 Å². The number of piperazine rings is 1. The molecule has 1 N–H and O–H groups in total. The number of carboxylic acid groups (broad SMARTS) is 1. The first-order chi connectivity index (χ1) is 15.2. The maximum absolute atomic E-state index is 13.0. The number of aliphatic carboxylic acids is 1. The third-order valence-corrected chi connectivity index (χ3v) is 6.38. The third kappa shape index (κ3) is 5.13. The van der Waals surface area contributed by atoms with Gasteiger partial charge in [-0.3, -0.25) is 4.90 Å². The second kappa shape index (κ2) is 8.95. The number of thiazole rings is 1. The molecule has 170 valence electrons. The molecule has 1 aliphatic heterocycles. The van der Waals surface area contributed by atoms with E-state index in [2.05, 4.69) is 21.7 Å². The number of rotatable bonds is 6. The Kier molecular flexibility index (Phi) is 6.25. The van der Waals surface area contributed by atoms with Gasteiger partial charge in [-0.05, 0) is 42.8 Å². The van der Waals surface area contributed by atoms with Gasteiger partial charge < -0.3 is 14.7 Å². The zero-order valence-electron chi connectivity index (χ0n) is 17.3. The molecule has 3 aromatic rings. The van der Waals surface area contributed by atoms with E-state index in [1.807, 2.05) is 18.2 Å². The van der Waals surface area contributed by atoms with E-state index in [1.54, 1.807) is 6.07 Å². The van der Waals surface area contributed by atoms with Crippen molar-refractivity contribution in [2.75, 3.05) is 31.1 Å². The molecule has 6 nitrogen and oxygen atoms in total. The smallest absolute Gasteiger partial charge is 0.416 e. The second-order valence-corrected chi connectivity index (χ2v) is 8.79. The highest BCUT2D eigenvalue weighted by Gasteiger charge is 2.31. The van der Waals surface area contributed by atoms with Crippen LogP contribution >= 0.6 is 11.3 Å². The first-order valence-electron chi connectivity index (χ1n) is 10.1. The highest BCUT2D eigenvalue weighted by atomic mass is 32.1. The number of fused-ring (bicyclic) bond motifs is 1. The lowest BCUT2D eigenvalue weighted by molar-refractivity contribution is -0.139. The zero-order valence-corrected chi connectivity index (χ0v) is 18.1. The number of aromatic nitrogens is 1. The van der Waals surface area contributed by atoms with E-state index < -0.39 is 17.7 Å². The molecule has 0 aliphatic carbocycles. The number of ether oxygens (including phenoxy) is 1. The number of nitrogens with zero attached hydrogens (tertiary/aromatic N) is 3. The normalized spacial score (nSPS) is 17.6. The van der Waals surface area contributed by atoms with Gasteiger partial charge in [0.2, 0.25) is 0 Å². The van der Waals surface area contributed by atoms with Crippen LogP contribution in [0.15, 0.2) is 42.5 Å². The van der Waals surface area contributed by atoms with Crippen molar-refractivity contribution in [2.24, 2.45) is 0 Å². The lowest BCUT2D eigenvalue weighted by Gasteiger charge is -2.39. The molecule has 32 heavy (non-hydrogen) atoms. The summed E-state index contributed by atoms with van der Waals surface area (Å²) in [6.45, 7) is 4.63. The molecular weight excluding hydrogens is 443 g/mol. The van der Waals surface area contributed by atoms with E-state index in [1.165, 1.54) is 17.4 Å². The SMILES string of the molecule is C[C@H]1CN(Cc2cccc(OCC(=O)O)c2)CCN1c1nc2ccc(C(F)(F)F)cc2s1. The Bertz CT molecular complexity index is 1120. The van der Waals surface area contributed by atoms with Crippen molar-refractivity contribution in [3.05, 3.63) is 53.6 Å². The summed E-state index contributed by atoms with van der Waals surface area (Å²) in [6.07, 6.45) is -4.37. The molecule has 4 rings (SSSR count). The lowest BCUT2D eigenvalue weighted by atomic mass is 10.1. The van der Waals surface area contributed by atoms with Crippen LogP contribution in [0.25, 0.3) is 10.2 Å². The first kappa shape index (κ1) is 22.3. The van der Waals surface area contributed by atoms with Crippen LogP contribution in [0.1, 0.15) is 18.1 Å². The molecule has 2 aromatic carbocycles. The average Bonchev–Trinajstić information content (AvgIpc) is 3.15. The lowest BCUT2D eigenvalue weighted by Crippen LogP contribution is -2.51. The molecule has 1 fully saturated rings. The monoisotopic (exact) mass is 465 g/mol. The number of anilines is 1. The molecule has 0 spiro atoms. The standard InChI is InChI=1S/C22H22F3N3O3S/c1-14-11-27(12-15-3-2-4-17(9-15)31-13-20(29)30)7-8-28(14)21-26-18-6-5-16(22(23,24)25)10-19(18)32-21/h2-6,9-10,14H,7-8,11-13H2,1H3,(H,29,30)/t14-/m0/s1. The highest BCUT2D eigenvalue weighted by Crippen LogP contribution is 2.36. The summed E-state index contributed by atoms with van der Waals surface area (Å²) in [5, 5.41) is 9.49. The van der Waals surface area contributed by atoms with Crippen molar-refractivity contribution in [2.45, 2.75) is 25.7 Å². The van der Waals surface area contributed by atoms with Crippen molar-refractivity contribution in [1.29, 1.82) is 0 Å². The average molecular weight is 465 g/mol. The molecule has 10 heteroatoms. The zero-order chi connectivity index (χ0) is 22.9. The molecule has 0 radical (unpaired) electrons. The molecule has 1 atom stereocenters. The summed E-state index contributed by atoms with van der Waals surface area (Å²) in [5.41, 5.74) is 0.937. The number of carboxylic acids is 1. The van der Waals surface area contributed by atoms with Crippen LogP contribution in [-0.4, -0.2) is 53.2 Å². The van der Waals surface area contributed by atoms with Crippen LogP contribution in [0.2, 0.25) is 0 Å². The molecule has 1 aromatic heterocycles. The molecule has 0 amide bonds. The second-order valence-electron chi connectivity index (χ2n) is 7.78. The van der Waals surface area contributed by atoms with Crippen LogP contribution < -0.4 is 9.64 Å². The third-order valence-electron chi connectivity index (χ3n) is 5.33. The van der Waals surface area contributed by atoms with E-state index in [4.69, 9.17) is 9.84 Å². The van der Waals surface area contributed by atoms with Gasteiger partial charge in [-0.15, -0.1) is 0 Å². The fraction of sp³-hybridized carbons (Fsp3) is 0.364. The summed E-state index contributed by atoms with van der Waals surface area (Å²) in [5.74, 6) is -0.505. The van der Waals surface area contributed by atoms with Gasteiger partial charge in [0.1, 0.15) is 5.75 Å². The molecule has 0 saturated carbocycles. The quantitative estimate of drug-likeness (QED) is 0.579. The minimum Gasteiger partial charge on any atom is -0.482 e. The van der Waals surface area contributed by atoms with Gasteiger partial charge in [0.05, 0.1) is 15.8 Å². The van der Waals surface area contributed by atoms with Crippen LogP contribution in [0.5, 0.6) is 5.75 Å². The largest absolute Gasteiger partial charge is 0.482 e. The topological polar surface area (TPSA) is 65.9 Å². The van der Waals surface area contributed by atoms with Crippen LogP contribution in [0.3, 0.4) is 0 Å². The minimum absolute atomic E-state index is 0.137. The minimum atomic E-state index is -4.37. The summed E-state index contributed by atoms with van der Waals surface area (Å²) in [6, 6.07) is 11.2. The predicted octanol–water partition coefficient (Wildman–Crippen LogP) is 4.49. The summed E-state index contributed by atoms with van der Waals surface area (Å²) in [7, 11) is 0. The molecular formula is C22H22F3N3O3S. The first-order valence-corrected chi connectivity index (χ1v) is 10.9. The Morgan fingerprint density at radius 1 is 1.25 bits per heavy atom. The van der Waals surface area contributed by atoms with Gasteiger partial charge >= 0.3 is 12.1 Å². The Morgan fingerprint density at radius 2 is 2.06 bits per heavy atom. The van der Waals surface area contributed by atoms with Crippen molar-refractivity contribution < 1.29 is 27.8 Å². The van der Waals surface area contributed by atoms with Gasteiger partial charge in [0, 0.05) is 32.2 Å². The predicted molar refractivity (Wildman–Crippen MR) is 116 cm³/mol. The Labute approximate surface area is 186 Å². The summed E-state index contributed by atoms with van der Waals surface area (Å²) < 4.78 is 44.8. The number of hydrogen-bond donors (Lipinski definition) is 1.